The minimum atomic E-state index is -2.70. The minimum Gasteiger partial charge on any atom is -0.494 e. The second-order valence-electron chi connectivity index (χ2n) is 6.42. The van der Waals surface area contributed by atoms with Crippen molar-refractivity contribution >= 4 is 22.8 Å². The standard InChI is InChI=1S/C19H18F2N6OS/c1-11-8-9-16(28-3)15(10-11)27-19(23-24-25-27)29-12(2)17-22-13-6-4-5-7-14(13)26(17)18(20)21/h4-10,12,18H,1-3H3/t12-/m0/s1. The van der Waals surface area contributed by atoms with E-state index in [9.17, 15) is 8.78 Å². The van der Waals surface area contributed by atoms with Gasteiger partial charge in [0, 0.05) is 0 Å². The highest BCUT2D eigenvalue weighted by molar-refractivity contribution is 7.99. The molecule has 10 heteroatoms. The molecule has 1 atom stereocenters. The molecule has 0 spiro atoms. The lowest BCUT2D eigenvalue weighted by Crippen LogP contribution is -2.08. The first kappa shape index (κ1) is 19.3. The van der Waals surface area contributed by atoms with Crippen molar-refractivity contribution in [2.45, 2.75) is 30.8 Å². The van der Waals surface area contributed by atoms with Gasteiger partial charge < -0.3 is 4.74 Å². The molecule has 0 fully saturated rings. The fourth-order valence-corrected chi connectivity index (χ4v) is 4.04. The molecule has 150 valence electrons. The van der Waals surface area contributed by atoms with Crippen LogP contribution in [-0.4, -0.2) is 36.9 Å². The normalized spacial score (nSPS) is 12.6. The van der Waals surface area contributed by atoms with Crippen molar-refractivity contribution in [3.8, 4) is 11.4 Å². The molecule has 0 aliphatic heterocycles. The van der Waals surface area contributed by atoms with Crippen molar-refractivity contribution < 1.29 is 13.5 Å². The quantitative estimate of drug-likeness (QED) is 0.429. The fourth-order valence-electron chi connectivity index (χ4n) is 3.13. The Bertz CT molecular complexity index is 1160. The number of alkyl halides is 2. The average molecular weight is 416 g/mol. The number of aromatic nitrogens is 6. The zero-order chi connectivity index (χ0) is 20.5. The van der Waals surface area contributed by atoms with Gasteiger partial charge in [-0.25, -0.2) is 4.98 Å². The van der Waals surface area contributed by atoms with E-state index in [0.29, 0.717) is 27.6 Å². The summed E-state index contributed by atoms with van der Waals surface area (Å²) < 4.78 is 35.5. The molecular formula is C19H18F2N6OS. The van der Waals surface area contributed by atoms with Gasteiger partial charge >= 0.3 is 6.55 Å². The summed E-state index contributed by atoms with van der Waals surface area (Å²) in [5.41, 5.74) is 2.61. The van der Waals surface area contributed by atoms with Gasteiger partial charge in [-0.3, -0.25) is 4.57 Å². The maximum atomic E-state index is 13.8. The van der Waals surface area contributed by atoms with Gasteiger partial charge in [-0.1, -0.05) is 30.0 Å². The van der Waals surface area contributed by atoms with Gasteiger partial charge in [-0.05, 0) is 54.1 Å². The second kappa shape index (κ2) is 7.78. The van der Waals surface area contributed by atoms with Crippen LogP contribution in [-0.2, 0) is 0 Å². The van der Waals surface area contributed by atoms with Crippen LogP contribution in [0.5, 0.6) is 5.75 Å². The maximum absolute atomic E-state index is 13.8. The van der Waals surface area contributed by atoms with E-state index in [2.05, 4.69) is 20.5 Å². The zero-order valence-corrected chi connectivity index (χ0v) is 16.8. The molecule has 0 bridgehead atoms. The molecule has 4 aromatic rings. The van der Waals surface area contributed by atoms with Crippen LogP contribution in [0.1, 0.15) is 30.1 Å². The topological polar surface area (TPSA) is 70.7 Å². The van der Waals surface area contributed by atoms with E-state index in [4.69, 9.17) is 4.74 Å². The van der Waals surface area contributed by atoms with Gasteiger partial charge in [-0.15, -0.1) is 5.10 Å². The number of methoxy groups -OCH3 is 1. The summed E-state index contributed by atoms with van der Waals surface area (Å²) in [5, 5.41) is 11.9. The highest BCUT2D eigenvalue weighted by atomic mass is 32.2. The molecule has 29 heavy (non-hydrogen) atoms. The van der Waals surface area contributed by atoms with Gasteiger partial charge in [0.1, 0.15) is 17.3 Å². The first-order valence-electron chi connectivity index (χ1n) is 8.84. The van der Waals surface area contributed by atoms with Crippen LogP contribution in [0, 0.1) is 6.92 Å². The van der Waals surface area contributed by atoms with Gasteiger partial charge in [0.25, 0.3) is 0 Å². The van der Waals surface area contributed by atoms with Crippen molar-refractivity contribution in [2.24, 2.45) is 0 Å². The van der Waals surface area contributed by atoms with Crippen LogP contribution in [0.3, 0.4) is 0 Å². The van der Waals surface area contributed by atoms with Crippen LogP contribution in [0.2, 0.25) is 0 Å². The molecule has 0 amide bonds. The number of hydrogen-bond acceptors (Lipinski definition) is 6. The number of tetrazole rings is 1. The molecule has 2 aromatic carbocycles. The summed E-state index contributed by atoms with van der Waals surface area (Å²) >= 11 is 1.25. The van der Waals surface area contributed by atoms with E-state index < -0.39 is 11.8 Å². The lowest BCUT2D eigenvalue weighted by Gasteiger charge is -2.14. The summed E-state index contributed by atoms with van der Waals surface area (Å²) in [6, 6.07) is 12.5. The Kier molecular flexibility index (Phi) is 5.18. The molecule has 4 rings (SSSR count). The van der Waals surface area contributed by atoms with Gasteiger partial charge in [0.05, 0.1) is 23.4 Å². The SMILES string of the molecule is COc1ccc(C)cc1-n1nnnc1S[C@@H](C)c1nc2ccccc2n1C(F)F. The Labute approximate surface area is 169 Å². The first-order valence-corrected chi connectivity index (χ1v) is 9.72. The van der Waals surface area contributed by atoms with Gasteiger partial charge in [0.2, 0.25) is 5.16 Å². The van der Waals surface area contributed by atoms with E-state index in [-0.39, 0.29) is 5.82 Å². The van der Waals surface area contributed by atoms with Gasteiger partial charge in [-0.2, -0.15) is 13.5 Å². The van der Waals surface area contributed by atoms with Crippen molar-refractivity contribution in [1.82, 2.24) is 29.8 Å². The molecule has 7 nitrogen and oxygen atoms in total. The third kappa shape index (κ3) is 3.55. The van der Waals surface area contributed by atoms with Crippen molar-refractivity contribution in [2.75, 3.05) is 7.11 Å². The second-order valence-corrected chi connectivity index (χ2v) is 7.72. The number of benzene rings is 2. The first-order chi connectivity index (χ1) is 14.0. The van der Waals surface area contributed by atoms with Gasteiger partial charge in [0.15, 0.2) is 0 Å². The molecule has 2 aromatic heterocycles. The van der Waals surface area contributed by atoms with E-state index >= 15 is 0 Å². The predicted molar refractivity (Wildman–Crippen MR) is 106 cm³/mol. The summed E-state index contributed by atoms with van der Waals surface area (Å²) in [7, 11) is 1.57. The monoisotopic (exact) mass is 416 g/mol. The predicted octanol–water partition coefficient (Wildman–Crippen LogP) is 4.58. The fraction of sp³-hybridized carbons (Fsp3) is 0.263. The molecule has 0 unspecified atom stereocenters. The molecule has 0 aliphatic rings. The molecular weight excluding hydrogens is 398 g/mol. The minimum absolute atomic E-state index is 0.261. The summed E-state index contributed by atoms with van der Waals surface area (Å²) in [4.78, 5) is 4.42. The van der Waals surface area contributed by atoms with Crippen LogP contribution in [0.15, 0.2) is 47.6 Å². The van der Waals surface area contributed by atoms with Crippen molar-refractivity contribution in [1.29, 1.82) is 0 Å². The molecule has 0 radical (unpaired) electrons. The van der Waals surface area contributed by atoms with Crippen LogP contribution in [0.25, 0.3) is 16.7 Å². The summed E-state index contributed by atoms with van der Waals surface area (Å²) in [6.45, 7) is 1.05. The summed E-state index contributed by atoms with van der Waals surface area (Å²) in [6.07, 6.45) is 0. The highest BCUT2D eigenvalue weighted by Gasteiger charge is 2.25. The van der Waals surface area contributed by atoms with Crippen LogP contribution in [0.4, 0.5) is 8.78 Å². The maximum Gasteiger partial charge on any atom is 0.320 e. The third-order valence-corrected chi connectivity index (χ3v) is 5.50. The number of rotatable bonds is 6. The zero-order valence-electron chi connectivity index (χ0n) is 16.0. The number of imidazole rings is 1. The molecule has 2 heterocycles. The number of nitrogens with zero attached hydrogens (tertiary/aromatic N) is 6. The Morgan fingerprint density at radius 3 is 2.69 bits per heavy atom. The largest absolute Gasteiger partial charge is 0.494 e. The van der Waals surface area contributed by atoms with E-state index in [0.717, 1.165) is 10.1 Å². The van der Waals surface area contributed by atoms with E-state index in [1.54, 1.807) is 43.0 Å². The van der Waals surface area contributed by atoms with E-state index in [1.165, 1.54) is 11.8 Å². The lowest BCUT2D eigenvalue weighted by atomic mass is 10.2. The Hall–Kier alpha value is -3.01. The molecule has 0 saturated carbocycles. The van der Waals surface area contributed by atoms with E-state index in [1.807, 2.05) is 25.1 Å². The lowest BCUT2D eigenvalue weighted by molar-refractivity contribution is 0.0715. The number of halogens is 2. The van der Waals surface area contributed by atoms with Crippen LogP contribution >= 0.6 is 11.8 Å². The molecule has 0 aliphatic carbocycles. The molecule has 0 saturated heterocycles. The number of fused-ring (bicyclic) bond motifs is 1. The number of para-hydroxylation sites is 2. The van der Waals surface area contributed by atoms with Crippen molar-refractivity contribution in [3.63, 3.8) is 0 Å². The highest BCUT2D eigenvalue weighted by Crippen LogP contribution is 2.38. The molecule has 0 N–H and O–H groups in total. The Morgan fingerprint density at radius 1 is 1.14 bits per heavy atom. The Balaban J connectivity index is 1.72. The third-order valence-electron chi connectivity index (χ3n) is 4.47. The van der Waals surface area contributed by atoms with Crippen molar-refractivity contribution in [3.05, 3.63) is 53.9 Å². The Morgan fingerprint density at radius 2 is 1.93 bits per heavy atom. The number of hydrogen-bond donors (Lipinski definition) is 0. The summed E-state index contributed by atoms with van der Waals surface area (Å²) in [5.74, 6) is 0.870. The number of aryl methyl sites for hydroxylation is 1. The number of ether oxygens (including phenoxy) is 1. The average Bonchev–Trinajstić information content (AvgIpc) is 3.32. The smallest absolute Gasteiger partial charge is 0.320 e. The number of thioether (sulfide) groups is 1. The van der Waals surface area contributed by atoms with Crippen LogP contribution < -0.4 is 4.74 Å².